The van der Waals surface area contributed by atoms with Crippen molar-refractivity contribution >= 4 is 40.0 Å². The van der Waals surface area contributed by atoms with E-state index in [2.05, 4.69) is 20.6 Å². The minimum Gasteiger partial charge on any atom is -0.383 e. The third kappa shape index (κ3) is 3.71. The summed E-state index contributed by atoms with van der Waals surface area (Å²) >= 11 is 6.57. The number of piperidine rings is 1. The van der Waals surface area contributed by atoms with Crippen LogP contribution in [0.25, 0.3) is 22.2 Å². The van der Waals surface area contributed by atoms with Gasteiger partial charge in [0, 0.05) is 29.3 Å². The van der Waals surface area contributed by atoms with E-state index in [0.29, 0.717) is 27.4 Å². The van der Waals surface area contributed by atoms with Gasteiger partial charge in [-0.1, -0.05) is 17.7 Å². The number of halogens is 2. The summed E-state index contributed by atoms with van der Waals surface area (Å²) in [6.45, 7) is 1.93. The third-order valence-electron chi connectivity index (χ3n) is 7.05. The first-order chi connectivity index (χ1) is 17.0. The Labute approximate surface area is 205 Å². The Morgan fingerprint density at radius 3 is 2.91 bits per heavy atom. The molecule has 0 bridgehead atoms. The number of benzene rings is 1. The van der Waals surface area contributed by atoms with Gasteiger partial charge in [0.1, 0.15) is 23.1 Å². The summed E-state index contributed by atoms with van der Waals surface area (Å²) in [5.74, 6) is -0.429. The van der Waals surface area contributed by atoms with Gasteiger partial charge in [0.05, 0.1) is 28.2 Å². The number of hydrogen-bond donors (Lipinski definition) is 3. The highest BCUT2D eigenvalue weighted by molar-refractivity contribution is 6.35. The Morgan fingerprint density at radius 1 is 1.29 bits per heavy atom. The molecule has 6 rings (SSSR count). The fourth-order valence-electron chi connectivity index (χ4n) is 5.17. The number of nitrogens with one attached hydrogen (secondary N) is 2. The van der Waals surface area contributed by atoms with Crippen LogP contribution >= 0.6 is 11.6 Å². The van der Waals surface area contributed by atoms with E-state index in [1.807, 2.05) is 4.68 Å². The van der Waals surface area contributed by atoms with Crippen molar-refractivity contribution in [3.05, 3.63) is 65.2 Å². The Morgan fingerprint density at radius 2 is 2.17 bits per heavy atom. The smallest absolute Gasteiger partial charge is 0.256 e. The molecule has 2 atom stereocenters. The van der Waals surface area contributed by atoms with E-state index in [9.17, 15) is 4.79 Å². The molecule has 2 unspecified atom stereocenters. The quantitative estimate of drug-likeness (QED) is 0.389. The molecule has 2 fully saturated rings. The molecular formula is C25H23ClFN7O. The highest BCUT2D eigenvalue weighted by Gasteiger charge is 2.56. The molecule has 3 aromatic heterocycles. The lowest BCUT2D eigenvalue weighted by molar-refractivity contribution is 0.102. The van der Waals surface area contributed by atoms with Gasteiger partial charge in [-0.05, 0) is 56.1 Å². The molecular weight excluding hydrogens is 469 g/mol. The molecule has 1 saturated carbocycles. The van der Waals surface area contributed by atoms with Crippen LogP contribution in [-0.4, -0.2) is 38.7 Å². The molecule has 10 heteroatoms. The molecule has 1 spiro atoms. The van der Waals surface area contributed by atoms with E-state index in [4.69, 9.17) is 22.4 Å². The van der Waals surface area contributed by atoms with Gasteiger partial charge in [-0.25, -0.2) is 14.4 Å². The van der Waals surface area contributed by atoms with Crippen LogP contribution in [-0.2, 0) is 0 Å². The SMILES string of the molecule is Nc1ncc(Cl)c2c1c(-c1ccc(C(=O)Nc3ccccn3)cc1F)nn2C1CC12CCCNC2. The highest BCUT2D eigenvalue weighted by atomic mass is 35.5. The van der Waals surface area contributed by atoms with Gasteiger partial charge in [-0.2, -0.15) is 5.10 Å². The number of pyridine rings is 2. The van der Waals surface area contributed by atoms with Crippen LogP contribution in [0.15, 0.2) is 48.8 Å². The van der Waals surface area contributed by atoms with Crippen LogP contribution in [0.3, 0.4) is 0 Å². The normalized spacial score (nSPS) is 21.4. The zero-order valence-corrected chi connectivity index (χ0v) is 19.5. The number of amides is 1. The van der Waals surface area contributed by atoms with Crippen LogP contribution in [0.5, 0.6) is 0 Å². The lowest BCUT2D eigenvalue weighted by Crippen LogP contribution is -2.32. The van der Waals surface area contributed by atoms with E-state index < -0.39 is 11.7 Å². The maximum Gasteiger partial charge on any atom is 0.256 e. The minimum atomic E-state index is -0.588. The van der Waals surface area contributed by atoms with Gasteiger partial charge in [0.15, 0.2) is 0 Å². The Hall–Kier alpha value is -3.56. The molecule has 0 radical (unpaired) electrons. The molecule has 1 amide bonds. The molecule has 1 aromatic carbocycles. The van der Waals surface area contributed by atoms with Crippen molar-refractivity contribution in [3.8, 4) is 11.3 Å². The van der Waals surface area contributed by atoms with Crippen LogP contribution in [0.1, 0.15) is 35.7 Å². The minimum absolute atomic E-state index is 0.127. The molecule has 4 aromatic rings. The fraction of sp³-hybridized carbons (Fsp3) is 0.280. The maximum atomic E-state index is 15.4. The summed E-state index contributed by atoms with van der Waals surface area (Å²) in [5, 5.41) is 11.9. The van der Waals surface area contributed by atoms with E-state index in [1.165, 1.54) is 12.3 Å². The molecule has 35 heavy (non-hydrogen) atoms. The number of nitrogens with two attached hydrogens (primary N) is 1. The molecule has 8 nitrogen and oxygen atoms in total. The van der Waals surface area contributed by atoms with Crippen LogP contribution < -0.4 is 16.4 Å². The molecule has 4 heterocycles. The van der Waals surface area contributed by atoms with Crippen molar-refractivity contribution in [1.29, 1.82) is 0 Å². The van der Waals surface area contributed by atoms with E-state index in [-0.39, 0.29) is 28.4 Å². The van der Waals surface area contributed by atoms with Gasteiger partial charge in [0.25, 0.3) is 5.91 Å². The third-order valence-corrected chi connectivity index (χ3v) is 7.33. The zero-order valence-electron chi connectivity index (χ0n) is 18.8. The van der Waals surface area contributed by atoms with Gasteiger partial charge < -0.3 is 16.4 Å². The Bertz CT molecular complexity index is 1450. The number of nitrogen functional groups attached to an aromatic ring is 1. The summed E-state index contributed by atoms with van der Waals surface area (Å²) < 4.78 is 17.3. The Balaban J connectivity index is 1.40. The first kappa shape index (κ1) is 21.9. The van der Waals surface area contributed by atoms with Crippen molar-refractivity contribution in [1.82, 2.24) is 25.1 Å². The van der Waals surface area contributed by atoms with Crippen LogP contribution in [0.4, 0.5) is 16.0 Å². The molecule has 4 N–H and O–H groups in total. The topological polar surface area (TPSA) is 111 Å². The van der Waals surface area contributed by atoms with E-state index in [1.54, 1.807) is 36.5 Å². The molecule has 2 aliphatic rings. The van der Waals surface area contributed by atoms with Crippen LogP contribution in [0, 0.1) is 11.2 Å². The van der Waals surface area contributed by atoms with Gasteiger partial charge in [-0.3, -0.25) is 9.48 Å². The fourth-order valence-corrected chi connectivity index (χ4v) is 5.40. The van der Waals surface area contributed by atoms with Gasteiger partial charge in [0.2, 0.25) is 0 Å². The number of carbonyl (C=O) groups excluding carboxylic acids is 1. The first-order valence-corrected chi connectivity index (χ1v) is 11.9. The summed E-state index contributed by atoms with van der Waals surface area (Å²) in [6, 6.07) is 9.60. The van der Waals surface area contributed by atoms with Gasteiger partial charge >= 0.3 is 0 Å². The lowest BCUT2D eigenvalue weighted by atomic mass is 9.96. The van der Waals surface area contributed by atoms with E-state index >= 15 is 4.39 Å². The second kappa shape index (κ2) is 8.28. The Kier molecular flexibility index (Phi) is 5.19. The van der Waals surface area contributed by atoms with Crippen molar-refractivity contribution in [2.75, 3.05) is 24.1 Å². The zero-order chi connectivity index (χ0) is 24.2. The van der Waals surface area contributed by atoms with Gasteiger partial charge in [-0.15, -0.1) is 0 Å². The number of aromatic nitrogens is 4. The summed E-state index contributed by atoms with van der Waals surface area (Å²) in [5.41, 5.74) is 7.81. The maximum absolute atomic E-state index is 15.4. The number of anilines is 2. The second-order valence-corrected chi connectivity index (χ2v) is 9.64. The summed E-state index contributed by atoms with van der Waals surface area (Å²) in [4.78, 5) is 20.9. The molecule has 1 saturated heterocycles. The van der Waals surface area contributed by atoms with Crippen molar-refractivity contribution < 1.29 is 9.18 Å². The van der Waals surface area contributed by atoms with Crippen molar-refractivity contribution in [2.45, 2.75) is 25.3 Å². The standard InChI is InChI=1S/C25H23ClFN7O/c26-16-12-31-23(28)20-21(33-34(22(16)20)18-11-25(18)7-3-8-29-13-25)15-6-5-14(10-17(15)27)24(35)32-19-4-1-2-9-30-19/h1-2,4-6,9-10,12,18,29H,3,7-8,11,13H2,(H2,28,31)(H,30,32,35). The first-order valence-electron chi connectivity index (χ1n) is 11.5. The van der Waals surface area contributed by atoms with Crippen molar-refractivity contribution in [3.63, 3.8) is 0 Å². The number of fused-ring (bicyclic) bond motifs is 1. The second-order valence-electron chi connectivity index (χ2n) is 9.23. The molecule has 178 valence electrons. The predicted octanol–water partition coefficient (Wildman–Crippen LogP) is 4.43. The predicted molar refractivity (Wildman–Crippen MR) is 133 cm³/mol. The largest absolute Gasteiger partial charge is 0.383 e. The van der Waals surface area contributed by atoms with Crippen molar-refractivity contribution in [2.24, 2.45) is 5.41 Å². The number of hydrogen-bond acceptors (Lipinski definition) is 6. The number of nitrogens with zero attached hydrogens (tertiary/aromatic N) is 4. The number of rotatable bonds is 4. The lowest BCUT2D eigenvalue weighted by Gasteiger charge is -2.23. The number of carbonyl (C=O) groups is 1. The average Bonchev–Trinajstić information content (AvgIpc) is 3.38. The molecule has 1 aliphatic heterocycles. The summed E-state index contributed by atoms with van der Waals surface area (Å²) in [6.07, 6.45) is 6.27. The van der Waals surface area contributed by atoms with E-state index in [0.717, 1.165) is 32.4 Å². The monoisotopic (exact) mass is 491 g/mol. The molecule has 1 aliphatic carbocycles. The average molecular weight is 492 g/mol. The summed E-state index contributed by atoms with van der Waals surface area (Å²) in [7, 11) is 0. The highest BCUT2D eigenvalue weighted by Crippen LogP contribution is 2.61. The van der Waals surface area contributed by atoms with Crippen LogP contribution in [0.2, 0.25) is 5.02 Å².